The van der Waals surface area contributed by atoms with Crippen molar-refractivity contribution < 1.29 is 9.90 Å². The molecule has 6 heteroatoms. The Balaban J connectivity index is 0.00000155. The van der Waals surface area contributed by atoms with E-state index in [2.05, 4.69) is 4.90 Å². The number of rotatable bonds is 5. The molecule has 7 N–H and O–H groups in total. The minimum atomic E-state index is 0.0975. The molecule has 0 radical (unpaired) electrons. The molecule has 2 aromatic rings. The van der Waals surface area contributed by atoms with E-state index in [9.17, 15) is 9.90 Å². The van der Waals surface area contributed by atoms with Crippen LogP contribution in [-0.2, 0) is 4.79 Å². The van der Waals surface area contributed by atoms with E-state index in [1.165, 1.54) is 0 Å². The van der Waals surface area contributed by atoms with Gasteiger partial charge in [-0.1, -0.05) is 38.1 Å². The maximum absolute atomic E-state index is 10.9. The van der Waals surface area contributed by atoms with E-state index in [1.807, 2.05) is 38.1 Å². The van der Waals surface area contributed by atoms with Crippen LogP contribution >= 0.6 is 0 Å². The lowest BCUT2D eigenvalue weighted by Crippen LogP contribution is -2.34. The fourth-order valence-corrected chi connectivity index (χ4v) is 3.43. The standard InChI is InChI=1S/C22H26N4O2.C2H6/c23-20(18-3-1-2-4-21(18)28)13-19(22(24)25)16-5-7-17(8-6-16)26-11-9-15(14-27)10-12-26;1-2/h1-8,13-15,28H,9-12,23-25H2;1-2H3/b20-13-;. The summed E-state index contributed by atoms with van der Waals surface area (Å²) >= 11 is 0. The third-order valence-corrected chi connectivity index (χ3v) is 5.10. The van der Waals surface area contributed by atoms with Crippen LogP contribution in [0.15, 0.2) is 60.4 Å². The van der Waals surface area contributed by atoms with Crippen LogP contribution in [0.4, 0.5) is 5.69 Å². The van der Waals surface area contributed by atoms with Crippen LogP contribution in [0.2, 0.25) is 0 Å². The number of benzene rings is 2. The number of nitrogens with two attached hydrogens (primary N) is 3. The molecule has 1 heterocycles. The topological polar surface area (TPSA) is 119 Å². The van der Waals surface area contributed by atoms with Crippen molar-refractivity contribution >= 4 is 23.2 Å². The molecular weight excluding hydrogens is 376 g/mol. The van der Waals surface area contributed by atoms with E-state index in [1.54, 1.807) is 30.3 Å². The molecule has 30 heavy (non-hydrogen) atoms. The van der Waals surface area contributed by atoms with Crippen molar-refractivity contribution in [3.05, 3.63) is 71.6 Å². The van der Waals surface area contributed by atoms with Gasteiger partial charge in [0.25, 0.3) is 0 Å². The zero-order valence-electron chi connectivity index (χ0n) is 17.7. The van der Waals surface area contributed by atoms with Gasteiger partial charge in [0.2, 0.25) is 0 Å². The third-order valence-electron chi connectivity index (χ3n) is 5.10. The van der Waals surface area contributed by atoms with Crippen LogP contribution in [0.1, 0.15) is 37.8 Å². The lowest BCUT2D eigenvalue weighted by Gasteiger charge is -2.31. The minimum absolute atomic E-state index is 0.0975. The van der Waals surface area contributed by atoms with Gasteiger partial charge >= 0.3 is 0 Å². The number of allylic oxidation sites excluding steroid dienone is 2. The van der Waals surface area contributed by atoms with Gasteiger partial charge in [0.1, 0.15) is 17.9 Å². The first kappa shape index (κ1) is 22.9. The van der Waals surface area contributed by atoms with E-state index in [0.29, 0.717) is 16.8 Å². The van der Waals surface area contributed by atoms with E-state index in [-0.39, 0.29) is 17.5 Å². The summed E-state index contributed by atoms with van der Waals surface area (Å²) in [6.07, 6.45) is 4.50. The van der Waals surface area contributed by atoms with Crippen LogP contribution in [0.3, 0.4) is 0 Å². The zero-order valence-corrected chi connectivity index (χ0v) is 17.7. The Morgan fingerprint density at radius 2 is 1.60 bits per heavy atom. The molecule has 0 spiro atoms. The van der Waals surface area contributed by atoms with Gasteiger partial charge in [0.05, 0.1) is 0 Å². The number of para-hydroxylation sites is 1. The molecule has 1 aliphatic rings. The molecule has 1 saturated heterocycles. The van der Waals surface area contributed by atoms with Gasteiger partial charge in [-0.25, -0.2) is 0 Å². The highest BCUT2D eigenvalue weighted by Crippen LogP contribution is 2.28. The lowest BCUT2D eigenvalue weighted by atomic mass is 9.97. The molecule has 0 aromatic heterocycles. The maximum Gasteiger partial charge on any atom is 0.124 e. The number of nitrogens with zero attached hydrogens (tertiary/aromatic N) is 1. The van der Waals surface area contributed by atoms with E-state index < -0.39 is 0 Å². The lowest BCUT2D eigenvalue weighted by molar-refractivity contribution is -0.111. The van der Waals surface area contributed by atoms with Crippen molar-refractivity contribution in [3.63, 3.8) is 0 Å². The molecule has 0 bridgehead atoms. The van der Waals surface area contributed by atoms with Gasteiger partial charge in [-0.2, -0.15) is 0 Å². The Bertz CT molecular complexity index is 892. The van der Waals surface area contributed by atoms with E-state index >= 15 is 0 Å². The molecule has 3 rings (SSSR count). The number of hydrogen-bond acceptors (Lipinski definition) is 6. The van der Waals surface area contributed by atoms with E-state index in [0.717, 1.165) is 43.5 Å². The quantitative estimate of drug-likeness (QED) is 0.445. The summed E-state index contributed by atoms with van der Waals surface area (Å²) in [5.74, 6) is 0.419. The van der Waals surface area contributed by atoms with Gasteiger partial charge in [-0.05, 0) is 48.7 Å². The summed E-state index contributed by atoms with van der Waals surface area (Å²) in [5.41, 5.74) is 21.4. The third kappa shape index (κ3) is 5.56. The molecule has 0 aliphatic carbocycles. The molecule has 1 aliphatic heterocycles. The van der Waals surface area contributed by atoms with Crippen LogP contribution in [0, 0.1) is 5.92 Å². The number of aromatic hydroxyl groups is 1. The first-order valence-corrected chi connectivity index (χ1v) is 10.3. The molecule has 6 nitrogen and oxygen atoms in total. The smallest absolute Gasteiger partial charge is 0.124 e. The molecule has 0 atom stereocenters. The summed E-state index contributed by atoms with van der Waals surface area (Å²) in [4.78, 5) is 13.2. The fraction of sp³-hybridized carbons (Fsp3) is 0.292. The molecule has 0 unspecified atom stereocenters. The molecular formula is C24H32N4O2. The number of phenolic OH excluding ortho intramolecular Hbond substituents is 1. The van der Waals surface area contributed by atoms with Gasteiger partial charge < -0.3 is 32.0 Å². The second kappa shape index (κ2) is 11.0. The van der Waals surface area contributed by atoms with Crippen molar-refractivity contribution in [2.45, 2.75) is 26.7 Å². The normalized spacial score (nSPS) is 14.5. The Morgan fingerprint density at radius 3 is 2.13 bits per heavy atom. The summed E-state index contributed by atoms with van der Waals surface area (Å²) in [6.45, 7) is 5.73. The van der Waals surface area contributed by atoms with Crippen LogP contribution in [0.25, 0.3) is 11.3 Å². The number of aldehydes is 1. The molecule has 0 saturated carbocycles. The zero-order chi connectivity index (χ0) is 22.1. The first-order valence-electron chi connectivity index (χ1n) is 10.3. The summed E-state index contributed by atoms with van der Waals surface area (Å²) < 4.78 is 0. The summed E-state index contributed by atoms with van der Waals surface area (Å²) in [7, 11) is 0. The monoisotopic (exact) mass is 408 g/mol. The Kier molecular flexibility index (Phi) is 8.35. The predicted octanol–water partition coefficient (Wildman–Crippen LogP) is 3.42. The van der Waals surface area contributed by atoms with Gasteiger partial charge in [-0.15, -0.1) is 0 Å². The fourth-order valence-electron chi connectivity index (χ4n) is 3.43. The van der Waals surface area contributed by atoms with Crippen molar-refractivity contribution in [1.82, 2.24) is 0 Å². The average molecular weight is 409 g/mol. The number of hydrogen-bond donors (Lipinski definition) is 4. The SMILES string of the molecule is CC.NC(N)=C(/C=C(\N)c1ccccc1O)c1ccc(N2CCC(C=O)CC2)cc1. The van der Waals surface area contributed by atoms with Gasteiger partial charge in [0, 0.05) is 41.5 Å². The highest BCUT2D eigenvalue weighted by Gasteiger charge is 2.18. The Morgan fingerprint density at radius 1 is 1.00 bits per heavy atom. The van der Waals surface area contributed by atoms with Crippen molar-refractivity contribution in [2.24, 2.45) is 23.1 Å². The van der Waals surface area contributed by atoms with Crippen molar-refractivity contribution in [3.8, 4) is 5.75 Å². The second-order valence-corrected chi connectivity index (χ2v) is 6.99. The second-order valence-electron chi connectivity index (χ2n) is 6.99. The van der Waals surface area contributed by atoms with Gasteiger partial charge in [0.15, 0.2) is 0 Å². The summed E-state index contributed by atoms with van der Waals surface area (Å²) in [6, 6.07) is 14.8. The van der Waals surface area contributed by atoms with Crippen LogP contribution in [-0.4, -0.2) is 24.5 Å². The van der Waals surface area contributed by atoms with Crippen molar-refractivity contribution in [1.29, 1.82) is 0 Å². The molecule has 160 valence electrons. The van der Waals surface area contributed by atoms with Gasteiger partial charge in [-0.3, -0.25) is 0 Å². The predicted molar refractivity (Wildman–Crippen MR) is 124 cm³/mol. The molecule has 0 amide bonds. The van der Waals surface area contributed by atoms with E-state index in [4.69, 9.17) is 17.2 Å². The maximum atomic E-state index is 10.9. The molecule has 1 fully saturated rings. The molecule has 2 aromatic carbocycles. The Hall–Kier alpha value is -3.41. The average Bonchev–Trinajstić information content (AvgIpc) is 2.79. The highest BCUT2D eigenvalue weighted by atomic mass is 16.3. The number of phenols is 1. The number of anilines is 1. The van der Waals surface area contributed by atoms with Crippen LogP contribution in [0.5, 0.6) is 5.75 Å². The van der Waals surface area contributed by atoms with Crippen molar-refractivity contribution in [2.75, 3.05) is 18.0 Å². The number of carbonyl (C=O) groups is 1. The largest absolute Gasteiger partial charge is 0.507 e. The summed E-state index contributed by atoms with van der Waals surface area (Å²) in [5, 5.41) is 9.99. The first-order chi connectivity index (χ1) is 14.5. The minimum Gasteiger partial charge on any atom is -0.507 e. The number of piperidine rings is 1. The van der Waals surface area contributed by atoms with Crippen LogP contribution < -0.4 is 22.1 Å². The number of carbonyl (C=O) groups excluding carboxylic acids is 1. The highest BCUT2D eigenvalue weighted by molar-refractivity contribution is 5.85. The Labute approximate surface area is 178 Å².